The SMILES string of the molecule is CCOc1ncccc1-c1ccc(N2C[C@H]3CN(c4ccc(F)cc4C(F)(F)F)C(=O)N3C[C@H]2CC)c(C=O)n1. The van der Waals surface area contributed by atoms with Crippen molar-refractivity contribution < 1.29 is 31.9 Å². The van der Waals surface area contributed by atoms with Crippen LogP contribution in [0.1, 0.15) is 36.3 Å². The minimum atomic E-state index is -4.83. The summed E-state index contributed by atoms with van der Waals surface area (Å²) >= 11 is 0. The van der Waals surface area contributed by atoms with Gasteiger partial charge in [0.1, 0.15) is 11.5 Å². The lowest BCUT2D eigenvalue weighted by Crippen LogP contribution is -2.57. The van der Waals surface area contributed by atoms with Gasteiger partial charge in [0, 0.05) is 31.9 Å². The molecule has 12 heteroatoms. The molecule has 210 valence electrons. The van der Waals surface area contributed by atoms with Crippen molar-refractivity contribution in [2.45, 2.75) is 38.5 Å². The Labute approximate surface area is 228 Å². The number of piperazine rings is 1. The third-order valence-corrected chi connectivity index (χ3v) is 7.24. The fourth-order valence-corrected chi connectivity index (χ4v) is 5.39. The first-order valence-corrected chi connectivity index (χ1v) is 12.9. The number of fused-ring (bicyclic) bond motifs is 1. The molecule has 0 saturated carbocycles. The average molecular weight is 558 g/mol. The number of aromatic nitrogens is 2. The summed E-state index contributed by atoms with van der Waals surface area (Å²) < 4.78 is 60.4. The molecule has 3 aromatic rings. The average Bonchev–Trinajstić information content (AvgIpc) is 3.27. The Bertz CT molecular complexity index is 1430. The number of alkyl halides is 3. The van der Waals surface area contributed by atoms with Crippen molar-refractivity contribution in [1.29, 1.82) is 0 Å². The number of nitrogens with zero attached hydrogens (tertiary/aromatic N) is 5. The van der Waals surface area contributed by atoms with E-state index >= 15 is 0 Å². The molecule has 2 saturated heterocycles. The maximum Gasteiger partial charge on any atom is 0.418 e. The van der Waals surface area contributed by atoms with E-state index in [0.717, 1.165) is 17.0 Å². The van der Waals surface area contributed by atoms with E-state index in [1.165, 1.54) is 0 Å². The number of hydrogen-bond acceptors (Lipinski definition) is 6. The van der Waals surface area contributed by atoms with Crippen molar-refractivity contribution in [3.8, 4) is 17.1 Å². The van der Waals surface area contributed by atoms with E-state index in [1.54, 1.807) is 35.4 Å². The third-order valence-electron chi connectivity index (χ3n) is 7.24. The zero-order chi connectivity index (χ0) is 28.6. The second-order valence-electron chi connectivity index (χ2n) is 9.58. The normalized spacial score (nSPS) is 19.1. The van der Waals surface area contributed by atoms with Gasteiger partial charge < -0.3 is 14.5 Å². The lowest BCUT2D eigenvalue weighted by molar-refractivity contribution is -0.137. The molecule has 5 rings (SSSR count). The van der Waals surface area contributed by atoms with Gasteiger partial charge in [-0.05, 0) is 55.8 Å². The summed E-state index contributed by atoms with van der Waals surface area (Å²) in [7, 11) is 0. The molecule has 1 aromatic carbocycles. The van der Waals surface area contributed by atoms with Crippen molar-refractivity contribution >= 4 is 23.7 Å². The molecule has 40 heavy (non-hydrogen) atoms. The molecule has 0 N–H and O–H groups in total. The summed E-state index contributed by atoms with van der Waals surface area (Å²) in [4.78, 5) is 38.9. The highest BCUT2D eigenvalue weighted by molar-refractivity contribution is 5.96. The van der Waals surface area contributed by atoms with Gasteiger partial charge in [-0.3, -0.25) is 9.69 Å². The number of benzene rings is 1. The van der Waals surface area contributed by atoms with Gasteiger partial charge in [-0.25, -0.2) is 19.2 Å². The molecule has 4 heterocycles. The van der Waals surface area contributed by atoms with Crippen LogP contribution in [0.2, 0.25) is 0 Å². The van der Waals surface area contributed by atoms with Gasteiger partial charge in [0.05, 0.1) is 40.8 Å². The summed E-state index contributed by atoms with van der Waals surface area (Å²) in [6.45, 7) is 4.69. The highest BCUT2D eigenvalue weighted by Gasteiger charge is 2.47. The molecule has 8 nitrogen and oxygen atoms in total. The first-order valence-electron chi connectivity index (χ1n) is 12.9. The zero-order valence-corrected chi connectivity index (χ0v) is 21.9. The van der Waals surface area contributed by atoms with Crippen molar-refractivity contribution in [3.05, 3.63) is 65.7 Å². The van der Waals surface area contributed by atoms with Crippen molar-refractivity contribution in [2.75, 3.05) is 36.0 Å². The minimum absolute atomic E-state index is 0.0180. The Hall–Kier alpha value is -4.22. The number of carbonyl (C=O) groups excluding carboxylic acids is 2. The fraction of sp³-hybridized carbons (Fsp3) is 0.357. The number of urea groups is 1. The minimum Gasteiger partial charge on any atom is -0.477 e. The lowest BCUT2D eigenvalue weighted by Gasteiger charge is -2.44. The van der Waals surface area contributed by atoms with Crippen LogP contribution < -0.4 is 14.5 Å². The number of amides is 2. The van der Waals surface area contributed by atoms with Gasteiger partial charge in [-0.1, -0.05) is 6.92 Å². The molecule has 0 unspecified atom stereocenters. The molecular formula is C28H27F4N5O3. The van der Waals surface area contributed by atoms with E-state index in [4.69, 9.17) is 4.74 Å². The van der Waals surface area contributed by atoms with Crippen molar-refractivity contribution in [1.82, 2.24) is 14.9 Å². The summed E-state index contributed by atoms with van der Waals surface area (Å²) in [5.74, 6) is -0.639. The quantitative estimate of drug-likeness (QED) is 0.285. The first-order chi connectivity index (χ1) is 19.2. The molecule has 2 aromatic heterocycles. The standard InChI is InChI=1S/C28H27F4N5O3/c1-3-18-13-36-19(15-37(27(36)39)24-9-7-17(29)12-21(24)28(30,31)32)14-35(18)25-10-8-22(34-23(25)16-38)20-6-5-11-33-26(20)40-4-2/h5-12,16,18-19H,3-4,13-15H2,1-2H3/t18-,19+/m1/s1. The summed E-state index contributed by atoms with van der Waals surface area (Å²) in [6.07, 6.45) is -1.96. The Morgan fingerprint density at radius 3 is 2.52 bits per heavy atom. The maximum absolute atomic E-state index is 13.7. The highest BCUT2D eigenvalue weighted by Crippen LogP contribution is 2.40. The number of rotatable bonds is 7. The van der Waals surface area contributed by atoms with Crippen LogP contribution in [0.5, 0.6) is 5.88 Å². The van der Waals surface area contributed by atoms with Crippen LogP contribution in [0.15, 0.2) is 48.7 Å². The number of halogens is 4. The van der Waals surface area contributed by atoms with Crippen molar-refractivity contribution in [2.24, 2.45) is 0 Å². The number of anilines is 2. The van der Waals surface area contributed by atoms with E-state index in [0.29, 0.717) is 48.2 Å². The second-order valence-corrected chi connectivity index (χ2v) is 9.58. The number of pyridine rings is 2. The molecule has 2 aliphatic rings. The topological polar surface area (TPSA) is 78.9 Å². The largest absolute Gasteiger partial charge is 0.477 e. The predicted octanol–water partition coefficient (Wildman–Crippen LogP) is 5.42. The summed E-state index contributed by atoms with van der Waals surface area (Å²) in [6, 6.07) is 8.17. The maximum atomic E-state index is 13.7. The molecule has 2 fully saturated rings. The smallest absolute Gasteiger partial charge is 0.418 e. The van der Waals surface area contributed by atoms with E-state index in [1.807, 2.05) is 18.7 Å². The van der Waals surface area contributed by atoms with E-state index < -0.39 is 29.6 Å². The molecule has 0 aliphatic carbocycles. The number of ether oxygens (including phenoxy) is 1. The molecule has 2 aliphatic heterocycles. The van der Waals surface area contributed by atoms with Crippen LogP contribution in [-0.4, -0.2) is 65.5 Å². The van der Waals surface area contributed by atoms with Crippen LogP contribution in [0.4, 0.5) is 33.7 Å². The Morgan fingerprint density at radius 1 is 1.05 bits per heavy atom. The Morgan fingerprint density at radius 2 is 1.82 bits per heavy atom. The van der Waals surface area contributed by atoms with Crippen LogP contribution in [0.3, 0.4) is 0 Å². The Balaban J connectivity index is 1.46. The van der Waals surface area contributed by atoms with Gasteiger partial charge in [-0.15, -0.1) is 0 Å². The van der Waals surface area contributed by atoms with Crippen LogP contribution >= 0.6 is 0 Å². The van der Waals surface area contributed by atoms with E-state index in [9.17, 15) is 27.2 Å². The van der Waals surface area contributed by atoms with E-state index in [2.05, 4.69) is 9.97 Å². The fourth-order valence-electron chi connectivity index (χ4n) is 5.39. The van der Waals surface area contributed by atoms with Gasteiger partial charge in [0.15, 0.2) is 6.29 Å². The third kappa shape index (κ3) is 4.93. The van der Waals surface area contributed by atoms with Crippen LogP contribution in [0, 0.1) is 5.82 Å². The molecule has 0 radical (unpaired) electrons. The highest BCUT2D eigenvalue weighted by atomic mass is 19.4. The van der Waals surface area contributed by atoms with Gasteiger partial charge in [0.2, 0.25) is 5.88 Å². The lowest BCUT2D eigenvalue weighted by atomic mass is 10.0. The number of hydrogen-bond donors (Lipinski definition) is 0. The molecule has 0 bridgehead atoms. The van der Waals surface area contributed by atoms with Crippen molar-refractivity contribution in [3.63, 3.8) is 0 Å². The molecule has 2 amide bonds. The number of carbonyl (C=O) groups is 2. The van der Waals surface area contributed by atoms with Crippen LogP contribution in [0.25, 0.3) is 11.3 Å². The second kappa shape index (κ2) is 10.7. The number of aldehydes is 1. The molecule has 2 atom stereocenters. The first kappa shape index (κ1) is 27.4. The summed E-state index contributed by atoms with van der Waals surface area (Å²) in [5.41, 5.74) is 0.314. The predicted molar refractivity (Wildman–Crippen MR) is 140 cm³/mol. The van der Waals surface area contributed by atoms with Gasteiger partial charge in [0.25, 0.3) is 0 Å². The molecular weight excluding hydrogens is 530 g/mol. The van der Waals surface area contributed by atoms with Crippen LogP contribution in [-0.2, 0) is 6.18 Å². The zero-order valence-electron chi connectivity index (χ0n) is 21.9. The van der Waals surface area contributed by atoms with Gasteiger partial charge >= 0.3 is 12.2 Å². The summed E-state index contributed by atoms with van der Waals surface area (Å²) in [5, 5.41) is 0. The monoisotopic (exact) mass is 557 g/mol. The van der Waals surface area contributed by atoms with Gasteiger partial charge in [-0.2, -0.15) is 13.2 Å². The molecule has 0 spiro atoms. The Kier molecular flexibility index (Phi) is 7.35. The van der Waals surface area contributed by atoms with E-state index in [-0.39, 0.29) is 37.1 Å².